The number of halogens is 1. The maximum atomic E-state index is 12.6. The van der Waals surface area contributed by atoms with Gasteiger partial charge in [0.2, 0.25) is 0 Å². The van der Waals surface area contributed by atoms with Gasteiger partial charge in [0, 0.05) is 6.54 Å². The lowest BCUT2D eigenvalue weighted by atomic mass is 10.2. The number of ether oxygens (including phenoxy) is 1. The van der Waals surface area contributed by atoms with Gasteiger partial charge in [0.25, 0.3) is 0 Å². The van der Waals surface area contributed by atoms with E-state index in [0.717, 1.165) is 18.4 Å². The van der Waals surface area contributed by atoms with E-state index in [-0.39, 0.29) is 12.6 Å². The van der Waals surface area contributed by atoms with Crippen molar-refractivity contribution in [3.05, 3.63) is 35.9 Å². The molecular weight excluding hydrogens is 221 g/mol. The molecule has 1 saturated heterocycles. The quantitative estimate of drug-likeness (QED) is 0.809. The molecular formula is C13H16FNO2. The molecule has 1 atom stereocenters. The van der Waals surface area contributed by atoms with Gasteiger partial charge in [-0.2, -0.15) is 0 Å². The van der Waals surface area contributed by atoms with Crippen molar-refractivity contribution in [3.63, 3.8) is 0 Å². The summed E-state index contributed by atoms with van der Waals surface area (Å²) in [7, 11) is 0. The van der Waals surface area contributed by atoms with Crippen LogP contribution in [0.15, 0.2) is 30.3 Å². The first-order chi connectivity index (χ1) is 8.31. The molecule has 1 heterocycles. The molecule has 0 unspecified atom stereocenters. The van der Waals surface area contributed by atoms with Crippen LogP contribution in [0.5, 0.6) is 0 Å². The van der Waals surface area contributed by atoms with E-state index in [9.17, 15) is 9.18 Å². The Morgan fingerprint density at radius 2 is 2.18 bits per heavy atom. The average Bonchev–Trinajstić information content (AvgIpc) is 2.85. The molecule has 1 fully saturated rings. The van der Waals surface area contributed by atoms with Gasteiger partial charge in [0.05, 0.1) is 6.04 Å². The minimum absolute atomic E-state index is 0.245. The molecule has 1 amide bonds. The van der Waals surface area contributed by atoms with Crippen LogP contribution in [0.1, 0.15) is 18.4 Å². The molecule has 0 bridgehead atoms. The maximum Gasteiger partial charge on any atom is 0.410 e. The average molecular weight is 237 g/mol. The summed E-state index contributed by atoms with van der Waals surface area (Å²) in [5.74, 6) is 0. The van der Waals surface area contributed by atoms with Gasteiger partial charge in [-0.05, 0) is 18.4 Å². The van der Waals surface area contributed by atoms with Crippen LogP contribution in [0.3, 0.4) is 0 Å². The molecule has 1 aliphatic rings. The van der Waals surface area contributed by atoms with E-state index < -0.39 is 12.8 Å². The Morgan fingerprint density at radius 3 is 2.88 bits per heavy atom. The summed E-state index contributed by atoms with van der Waals surface area (Å²) in [6.07, 6.45) is 1.18. The zero-order valence-electron chi connectivity index (χ0n) is 9.64. The van der Waals surface area contributed by atoms with Crippen LogP contribution in [0.2, 0.25) is 0 Å². The Morgan fingerprint density at radius 1 is 1.41 bits per heavy atom. The predicted molar refractivity (Wildman–Crippen MR) is 62.3 cm³/mol. The van der Waals surface area contributed by atoms with Crippen molar-refractivity contribution in [2.24, 2.45) is 0 Å². The number of nitrogens with zero attached hydrogens (tertiary/aromatic N) is 1. The maximum absolute atomic E-state index is 12.6. The number of amides is 1. The number of benzene rings is 1. The van der Waals surface area contributed by atoms with E-state index >= 15 is 0 Å². The van der Waals surface area contributed by atoms with Gasteiger partial charge >= 0.3 is 6.09 Å². The highest BCUT2D eigenvalue weighted by molar-refractivity contribution is 5.68. The normalized spacial score (nSPS) is 19.4. The number of hydrogen-bond acceptors (Lipinski definition) is 2. The number of rotatable bonds is 3. The van der Waals surface area contributed by atoms with E-state index in [2.05, 4.69) is 0 Å². The highest BCUT2D eigenvalue weighted by atomic mass is 19.1. The van der Waals surface area contributed by atoms with Crippen molar-refractivity contribution >= 4 is 6.09 Å². The first-order valence-corrected chi connectivity index (χ1v) is 5.84. The SMILES string of the molecule is O=C(OCc1ccccc1)N1CCC[C@@H]1CF. The number of alkyl halides is 1. The number of carbonyl (C=O) groups excluding carboxylic acids is 1. The van der Waals surface area contributed by atoms with Gasteiger partial charge in [-0.25, -0.2) is 9.18 Å². The Labute approximate surface area is 100 Å². The summed E-state index contributed by atoms with van der Waals surface area (Å²) in [5.41, 5.74) is 0.942. The van der Waals surface area contributed by atoms with Crippen LogP contribution < -0.4 is 0 Å². The van der Waals surface area contributed by atoms with Crippen LogP contribution >= 0.6 is 0 Å². The van der Waals surface area contributed by atoms with Crippen LogP contribution in [0.4, 0.5) is 9.18 Å². The van der Waals surface area contributed by atoms with E-state index in [4.69, 9.17) is 4.74 Å². The fourth-order valence-electron chi connectivity index (χ4n) is 2.04. The Bertz CT molecular complexity index is 369. The second-order valence-electron chi connectivity index (χ2n) is 4.18. The van der Waals surface area contributed by atoms with Gasteiger partial charge < -0.3 is 9.64 Å². The lowest BCUT2D eigenvalue weighted by molar-refractivity contribution is 0.0878. The Balaban J connectivity index is 1.85. The van der Waals surface area contributed by atoms with Crippen molar-refractivity contribution < 1.29 is 13.9 Å². The van der Waals surface area contributed by atoms with Crippen molar-refractivity contribution in [2.75, 3.05) is 13.2 Å². The first-order valence-electron chi connectivity index (χ1n) is 5.84. The third-order valence-electron chi connectivity index (χ3n) is 2.99. The molecule has 0 radical (unpaired) electrons. The van der Waals surface area contributed by atoms with Gasteiger partial charge in [0.1, 0.15) is 13.3 Å². The zero-order chi connectivity index (χ0) is 12.1. The molecule has 3 nitrogen and oxygen atoms in total. The number of hydrogen-bond donors (Lipinski definition) is 0. The minimum Gasteiger partial charge on any atom is -0.445 e. The van der Waals surface area contributed by atoms with Gasteiger partial charge in [-0.1, -0.05) is 30.3 Å². The first kappa shape index (κ1) is 11.9. The second kappa shape index (κ2) is 5.66. The molecule has 2 rings (SSSR count). The molecule has 0 N–H and O–H groups in total. The smallest absolute Gasteiger partial charge is 0.410 e. The standard InChI is InChI=1S/C13H16FNO2/c14-9-12-7-4-8-15(12)13(16)17-10-11-5-2-1-3-6-11/h1-3,5-6,12H,4,7-10H2/t12-/m1/s1. The van der Waals surface area contributed by atoms with E-state index in [0.29, 0.717) is 6.54 Å². The molecule has 0 aromatic heterocycles. The fraction of sp³-hybridized carbons (Fsp3) is 0.462. The third-order valence-corrected chi connectivity index (χ3v) is 2.99. The van der Waals surface area contributed by atoms with E-state index in [1.54, 1.807) is 0 Å². The molecule has 0 aliphatic carbocycles. The zero-order valence-corrected chi connectivity index (χ0v) is 9.64. The predicted octanol–water partition coefficient (Wildman–Crippen LogP) is 2.76. The summed E-state index contributed by atoms with van der Waals surface area (Å²) in [5, 5.41) is 0. The fourth-order valence-corrected chi connectivity index (χ4v) is 2.04. The minimum atomic E-state index is -0.486. The summed E-state index contributed by atoms with van der Waals surface area (Å²) in [4.78, 5) is 13.2. The van der Waals surface area contributed by atoms with Crippen molar-refractivity contribution in [1.29, 1.82) is 0 Å². The summed E-state index contributed by atoms with van der Waals surface area (Å²) in [6, 6.07) is 9.18. The Hall–Kier alpha value is -1.58. The van der Waals surface area contributed by atoms with Crippen molar-refractivity contribution in [1.82, 2.24) is 4.90 Å². The number of carbonyl (C=O) groups is 1. The van der Waals surface area contributed by atoms with Crippen molar-refractivity contribution in [2.45, 2.75) is 25.5 Å². The lowest BCUT2D eigenvalue weighted by Gasteiger charge is -2.21. The molecule has 1 aliphatic heterocycles. The van der Waals surface area contributed by atoms with Gasteiger partial charge in [-0.3, -0.25) is 0 Å². The number of likely N-dealkylation sites (tertiary alicyclic amines) is 1. The molecule has 0 saturated carbocycles. The van der Waals surface area contributed by atoms with Gasteiger partial charge in [-0.15, -0.1) is 0 Å². The van der Waals surface area contributed by atoms with Crippen LogP contribution in [0, 0.1) is 0 Å². The third kappa shape index (κ3) is 2.96. The molecule has 1 aromatic carbocycles. The summed E-state index contributed by atoms with van der Waals surface area (Å²) < 4.78 is 17.8. The van der Waals surface area contributed by atoms with Crippen molar-refractivity contribution in [3.8, 4) is 0 Å². The topological polar surface area (TPSA) is 29.5 Å². The van der Waals surface area contributed by atoms with Crippen LogP contribution in [-0.4, -0.2) is 30.3 Å². The van der Waals surface area contributed by atoms with E-state index in [1.807, 2.05) is 30.3 Å². The van der Waals surface area contributed by atoms with Crippen LogP contribution in [0.25, 0.3) is 0 Å². The van der Waals surface area contributed by atoms with Gasteiger partial charge in [0.15, 0.2) is 0 Å². The molecule has 17 heavy (non-hydrogen) atoms. The van der Waals surface area contributed by atoms with E-state index in [1.165, 1.54) is 4.90 Å². The Kier molecular flexibility index (Phi) is 3.96. The molecule has 92 valence electrons. The summed E-state index contributed by atoms with van der Waals surface area (Å²) >= 11 is 0. The largest absolute Gasteiger partial charge is 0.445 e. The highest BCUT2D eigenvalue weighted by Gasteiger charge is 2.29. The molecule has 1 aromatic rings. The second-order valence-corrected chi connectivity index (χ2v) is 4.18. The molecule has 4 heteroatoms. The molecule has 0 spiro atoms. The summed E-state index contributed by atoms with van der Waals surface area (Å²) in [6.45, 7) is 0.359. The highest BCUT2D eigenvalue weighted by Crippen LogP contribution is 2.18. The monoisotopic (exact) mass is 237 g/mol. The van der Waals surface area contributed by atoms with Crippen LogP contribution in [-0.2, 0) is 11.3 Å². The lowest BCUT2D eigenvalue weighted by Crippen LogP contribution is -2.37.